The van der Waals surface area contributed by atoms with E-state index in [0.717, 1.165) is 16.7 Å². The lowest BCUT2D eigenvalue weighted by atomic mass is 9.96. The fraction of sp³-hybridized carbons (Fsp3) is 0.474. The summed E-state index contributed by atoms with van der Waals surface area (Å²) in [4.78, 5) is 16.0. The van der Waals surface area contributed by atoms with E-state index in [4.69, 9.17) is 4.42 Å². The molecule has 7 heteroatoms. The third kappa shape index (κ3) is 6.19. The number of nitrogens with zero attached hydrogens (tertiary/aromatic N) is 1. The van der Waals surface area contributed by atoms with Crippen molar-refractivity contribution in [1.82, 2.24) is 16.0 Å². The second-order valence-corrected chi connectivity index (χ2v) is 7.06. The highest BCUT2D eigenvalue weighted by Crippen LogP contribution is 2.23. The van der Waals surface area contributed by atoms with E-state index in [2.05, 4.69) is 20.9 Å². The minimum atomic E-state index is -0.379. The molecule has 1 aromatic heterocycles. The average molecular weight is 472 g/mol. The lowest BCUT2D eigenvalue weighted by molar-refractivity contribution is -0.128. The van der Waals surface area contributed by atoms with Crippen LogP contribution >= 0.6 is 24.0 Å². The quantitative estimate of drug-likeness (QED) is 0.270. The van der Waals surface area contributed by atoms with Crippen LogP contribution in [0.4, 0.5) is 0 Å². The van der Waals surface area contributed by atoms with Gasteiger partial charge in [0.1, 0.15) is 11.3 Å². The Bertz CT molecular complexity index is 716. The molecule has 1 heterocycles. The molecular weight excluding hydrogens is 443 g/mol. The monoisotopic (exact) mass is 472 g/mol. The Morgan fingerprint density at radius 1 is 1.19 bits per heavy atom. The van der Waals surface area contributed by atoms with Crippen molar-refractivity contribution in [2.24, 2.45) is 10.4 Å². The molecule has 0 fully saturated rings. The number of para-hydroxylation sites is 1. The first-order chi connectivity index (χ1) is 11.8. The van der Waals surface area contributed by atoms with E-state index >= 15 is 0 Å². The zero-order chi connectivity index (χ0) is 18.4. The van der Waals surface area contributed by atoms with Crippen LogP contribution in [0.25, 0.3) is 11.0 Å². The first-order valence-electron chi connectivity index (χ1n) is 8.55. The van der Waals surface area contributed by atoms with Crippen molar-refractivity contribution in [2.75, 3.05) is 20.1 Å². The van der Waals surface area contributed by atoms with E-state index in [-0.39, 0.29) is 41.3 Å². The molecule has 0 saturated heterocycles. The van der Waals surface area contributed by atoms with Gasteiger partial charge in [0.2, 0.25) is 5.91 Å². The van der Waals surface area contributed by atoms with Gasteiger partial charge in [-0.15, -0.1) is 24.0 Å². The van der Waals surface area contributed by atoms with Gasteiger partial charge in [-0.05, 0) is 19.1 Å². The molecule has 144 valence electrons. The Morgan fingerprint density at radius 3 is 2.46 bits per heavy atom. The lowest BCUT2D eigenvalue weighted by Crippen LogP contribution is -2.44. The van der Waals surface area contributed by atoms with Gasteiger partial charge in [0.25, 0.3) is 0 Å². The van der Waals surface area contributed by atoms with E-state index in [0.29, 0.717) is 19.0 Å². The zero-order valence-electron chi connectivity index (χ0n) is 16.1. The summed E-state index contributed by atoms with van der Waals surface area (Å²) in [5, 5.41) is 10.5. The van der Waals surface area contributed by atoms with Gasteiger partial charge in [0.05, 0.1) is 6.04 Å². The highest BCUT2D eigenvalue weighted by Gasteiger charge is 2.20. The number of amides is 1. The SMILES string of the molecule is CN=C(NCCNC(=O)C(C)(C)C)NC(C)c1cc2ccccc2o1.I. The van der Waals surface area contributed by atoms with Gasteiger partial charge in [-0.3, -0.25) is 9.79 Å². The van der Waals surface area contributed by atoms with Gasteiger partial charge in [0, 0.05) is 30.9 Å². The maximum Gasteiger partial charge on any atom is 0.225 e. The fourth-order valence-corrected chi connectivity index (χ4v) is 2.31. The number of carbonyl (C=O) groups excluding carboxylic acids is 1. The number of aliphatic imine (C=N–C) groups is 1. The van der Waals surface area contributed by atoms with Crippen molar-refractivity contribution >= 4 is 46.8 Å². The van der Waals surface area contributed by atoms with E-state index in [1.165, 1.54) is 0 Å². The highest BCUT2D eigenvalue weighted by atomic mass is 127. The third-order valence-corrected chi connectivity index (χ3v) is 3.83. The second-order valence-electron chi connectivity index (χ2n) is 7.06. The van der Waals surface area contributed by atoms with Crippen molar-refractivity contribution in [3.05, 3.63) is 36.1 Å². The maximum atomic E-state index is 11.8. The molecule has 0 aliphatic rings. The third-order valence-electron chi connectivity index (χ3n) is 3.83. The molecule has 3 N–H and O–H groups in total. The second kappa shape index (κ2) is 9.80. The summed E-state index contributed by atoms with van der Waals surface area (Å²) in [6, 6.07) is 9.94. The Morgan fingerprint density at radius 2 is 1.85 bits per heavy atom. The van der Waals surface area contributed by atoms with Crippen LogP contribution in [0.15, 0.2) is 39.7 Å². The molecule has 1 aromatic carbocycles. The van der Waals surface area contributed by atoms with Crippen LogP contribution in [0, 0.1) is 5.41 Å². The largest absolute Gasteiger partial charge is 0.459 e. The molecular formula is C19H29IN4O2. The topological polar surface area (TPSA) is 78.7 Å². The van der Waals surface area contributed by atoms with Crippen LogP contribution in [0.5, 0.6) is 0 Å². The van der Waals surface area contributed by atoms with E-state index in [9.17, 15) is 4.79 Å². The van der Waals surface area contributed by atoms with Crippen LogP contribution in [-0.4, -0.2) is 32.0 Å². The smallest absolute Gasteiger partial charge is 0.225 e. The van der Waals surface area contributed by atoms with Crippen LogP contribution in [0.3, 0.4) is 0 Å². The van der Waals surface area contributed by atoms with Gasteiger partial charge < -0.3 is 20.4 Å². The van der Waals surface area contributed by atoms with E-state index < -0.39 is 0 Å². The molecule has 6 nitrogen and oxygen atoms in total. The highest BCUT2D eigenvalue weighted by molar-refractivity contribution is 14.0. The maximum absolute atomic E-state index is 11.8. The van der Waals surface area contributed by atoms with Gasteiger partial charge >= 0.3 is 0 Å². The van der Waals surface area contributed by atoms with Crippen molar-refractivity contribution in [1.29, 1.82) is 0 Å². The summed E-state index contributed by atoms with van der Waals surface area (Å²) in [6.07, 6.45) is 0. The Kier molecular flexibility index (Phi) is 8.39. The summed E-state index contributed by atoms with van der Waals surface area (Å²) in [7, 11) is 1.72. The van der Waals surface area contributed by atoms with Crippen LogP contribution in [-0.2, 0) is 4.79 Å². The average Bonchev–Trinajstić information content (AvgIpc) is 3.00. The molecule has 1 unspecified atom stereocenters. The molecule has 0 radical (unpaired) electrons. The molecule has 26 heavy (non-hydrogen) atoms. The molecule has 0 spiro atoms. The molecule has 2 aromatic rings. The van der Waals surface area contributed by atoms with Gasteiger partial charge in [0.15, 0.2) is 5.96 Å². The standard InChI is InChI=1S/C19H28N4O2.HI/c1-13(16-12-14-8-6-7-9-15(14)25-16)23-18(20-5)22-11-10-21-17(24)19(2,3)4;/h6-9,12-13H,10-11H2,1-5H3,(H,21,24)(H2,20,22,23);1H. The molecule has 1 atom stereocenters. The van der Waals surface area contributed by atoms with Crippen molar-refractivity contribution in [3.8, 4) is 0 Å². The minimum Gasteiger partial charge on any atom is -0.459 e. The number of nitrogens with one attached hydrogen (secondary N) is 3. The summed E-state index contributed by atoms with van der Waals surface area (Å²) < 4.78 is 5.87. The van der Waals surface area contributed by atoms with Gasteiger partial charge in [-0.2, -0.15) is 0 Å². The number of benzene rings is 1. The predicted molar refractivity (Wildman–Crippen MR) is 117 cm³/mol. The van der Waals surface area contributed by atoms with Crippen LogP contribution in [0.1, 0.15) is 39.5 Å². The van der Waals surface area contributed by atoms with Crippen LogP contribution < -0.4 is 16.0 Å². The molecule has 0 saturated carbocycles. The molecule has 0 aliphatic carbocycles. The van der Waals surface area contributed by atoms with Gasteiger partial charge in [-0.1, -0.05) is 39.0 Å². The number of fused-ring (bicyclic) bond motifs is 1. The van der Waals surface area contributed by atoms with Crippen molar-refractivity contribution in [3.63, 3.8) is 0 Å². The normalized spacial score (nSPS) is 13.0. The first-order valence-corrected chi connectivity index (χ1v) is 8.55. The Hall–Kier alpha value is -1.77. The van der Waals surface area contributed by atoms with Gasteiger partial charge in [-0.25, -0.2) is 0 Å². The summed E-state index contributed by atoms with van der Waals surface area (Å²) in [5.74, 6) is 1.55. The number of halogens is 1. The fourth-order valence-electron chi connectivity index (χ4n) is 2.31. The number of furan rings is 1. The summed E-state index contributed by atoms with van der Waals surface area (Å²) >= 11 is 0. The number of rotatable bonds is 5. The number of hydrogen-bond donors (Lipinski definition) is 3. The molecule has 0 aliphatic heterocycles. The van der Waals surface area contributed by atoms with Crippen LogP contribution in [0.2, 0.25) is 0 Å². The number of guanidine groups is 1. The van der Waals surface area contributed by atoms with Crippen molar-refractivity contribution in [2.45, 2.75) is 33.7 Å². The number of carbonyl (C=O) groups is 1. The summed E-state index contributed by atoms with van der Waals surface area (Å²) in [6.45, 7) is 8.83. The lowest BCUT2D eigenvalue weighted by Gasteiger charge is -2.19. The predicted octanol–water partition coefficient (Wildman–Crippen LogP) is 3.44. The zero-order valence-corrected chi connectivity index (χ0v) is 18.4. The molecule has 0 bridgehead atoms. The summed E-state index contributed by atoms with van der Waals surface area (Å²) in [5.41, 5.74) is 0.495. The minimum absolute atomic E-state index is 0. The molecule has 2 rings (SSSR count). The Balaban J connectivity index is 0.00000338. The van der Waals surface area contributed by atoms with E-state index in [1.54, 1.807) is 7.05 Å². The molecule has 1 amide bonds. The number of hydrogen-bond acceptors (Lipinski definition) is 3. The van der Waals surface area contributed by atoms with Crippen molar-refractivity contribution < 1.29 is 9.21 Å². The first kappa shape index (κ1) is 22.3. The van der Waals surface area contributed by atoms with E-state index in [1.807, 2.05) is 58.0 Å². The Labute approximate surface area is 172 Å².